The highest BCUT2D eigenvalue weighted by Crippen LogP contribution is 2.34. The molecule has 0 bridgehead atoms. The summed E-state index contributed by atoms with van der Waals surface area (Å²) in [6, 6.07) is 11.8. The van der Waals surface area contributed by atoms with E-state index in [4.69, 9.17) is 11.6 Å². The maximum absolute atomic E-state index is 12.9. The van der Waals surface area contributed by atoms with Crippen molar-refractivity contribution in [3.05, 3.63) is 64.4 Å². The lowest BCUT2D eigenvalue weighted by Crippen LogP contribution is -2.29. The van der Waals surface area contributed by atoms with Crippen molar-refractivity contribution >= 4 is 29.5 Å². The molecule has 3 rings (SSSR count). The highest BCUT2D eigenvalue weighted by Gasteiger charge is 2.24. The predicted octanol–water partition coefficient (Wildman–Crippen LogP) is 4.07. The predicted molar refractivity (Wildman–Crippen MR) is 78.0 cm³/mol. The Kier molecular flexibility index (Phi) is 3.68. The number of rotatable bonds is 2. The summed E-state index contributed by atoms with van der Waals surface area (Å²) in [5.41, 5.74) is 1.87. The fraction of sp³-hybridized carbons (Fsp3) is 0.133. The molecule has 0 saturated heterocycles. The Bertz CT molecular complexity index is 659. The number of fused-ring (bicyclic) bond motifs is 1. The van der Waals surface area contributed by atoms with E-state index in [1.807, 2.05) is 18.2 Å². The Morgan fingerprint density at radius 2 is 1.95 bits per heavy atom. The SMILES string of the molecule is O=C1Cc2cc(Cl)ccc2SN1Cc1ccc(F)cc1. The van der Waals surface area contributed by atoms with Crippen molar-refractivity contribution in [1.29, 1.82) is 0 Å². The quantitative estimate of drug-likeness (QED) is 0.780. The van der Waals surface area contributed by atoms with Gasteiger partial charge in [-0.1, -0.05) is 23.7 Å². The molecule has 2 aromatic carbocycles. The summed E-state index contributed by atoms with van der Waals surface area (Å²) in [6.07, 6.45) is 0.351. The van der Waals surface area contributed by atoms with Crippen molar-refractivity contribution in [1.82, 2.24) is 4.31 Å². The summed E-state index contributed by atoms with van der Waals surface area (Å²) < 4.78 is 14.6. The molecule has 102 valence electrons. The fourth-order valence-electron chi connectivity index (χ4n) is 2.07. The average Bonchev–Trinajstić information content (AvgIpc) is 2.42. The van der Waals surface area contributed by atoms with Gasteiger partial charge in [0, 0.05) is 9.92 Å². The summed E-state index contributed by atoms with van der Waals surface area (Å²) in [4.78, 5) is 13.2. The first-order valence-corrected chi connectivity index (χ1v) is 7.28. The van der Waals surface area contributed by atoms with Gasteiger partial charge in [-0.05, 0) is 53.4 Å². The monoisotopic (exact) mass is 307 g/mol. The van der Waals surface area contributed by atoms with Crippen molar-refractivity contribution in [2.24, 2.45) is 0 Å². The summed E-state index contributed by atoms with van der Waals surface area (Å²) in [6.45, 7) is 0.464. The van der Waals surface area contributed by atoms with Gasteiger partial charge in [0.05, 0.1) is 13.0 Å². The van der Waals surface area contributed by atoms with E-state index in [1.165, 1.54) is 24.1 Å². The molecule has 0 saturated carbocycles. The van der Waals surface area contributed by atoms with E-state index in [0.717, 1.165) is 16.0 Å². The van der Waals surface area contributed by atoms with Gasteiger partial charge in [0.15, 0.2) is 0 Å². The van der Waals surface area contributed by atoms with Crippen molar-refractivity contribution in [3.63, 3.8) is 0 Å². The highest BCUT2D eigenvalue weighted by molar-refractivity contribution is 7.97. The Morgan fingerprint density at radius 1 is 1.20 bits per heavy atom. The molecule has 1 heterocycles. The Balaban J connectivity index is 1.80. The molecular weight excluding hydrogens is 297 g/mol. The molecule has 0 spiro atoms. The van der Waals surface area contributed by atoms with Gasteiger partial charge in [0.25, 0.3) is 0 Å². The highest BCUT2D eigenvalue weighted by atomic mass is 35.5. The van der Waals surface area contributed by atoms with Crippen molar-refractivity contribution in [2.45, 2.75) is 17.9 Å². The third-order valence-electron chi connectivity index (χ3n) is 3.09. The van der Waals surface area contributed by atoms with Crippen LogP contribution in [0.1, 0.15) is 11.1 Å². The smallest absolute Gasteiger partial charge is 0.237 e. The van der Waals surface area contributed by atoms with Crippen LogP contribution in [-0.4, -0.2) is 10.2 Å². The van der Waals surface area contributed by atoms with Crippen molar-refractivity contribution in [2.75, 3.05) is 0 Å². The lowest BCUT2D eigenvalue weighted by Gasteiger charge is -2.27. The number of benzene rings is 2. The lowest BCUT2D eigenvalue weighted by atomic mass is 10.1. The van der Waals surface area contributed by atoms with Crippen LogP contribution in [0.3, 0.4) is 0 Å². The molecule has 0 unspecified atom stereocenters. The van der Waals surface area contributed by atoms with Crippen LogP contribution < -0.4 is 0 Å². The summed E-state index contributed by atoms with van der Waals surface area (Å²) >= 11 is 7.34. The van der Waals surface area contributed by atoms with Gasteiger partial charge in [0.2, 0.25) is 5.91 Å². The van der Waals surface area contributed by atoms with Gasteiger partial charge >= 0.3 is 0 Å². The first-order chi connectivity index (χ1) is 9.61. The van der Waals surface area contributed by atoms with E-state index in [9.17, 15) is 9.18 Å². The molecule has 2 aromatic rings. The van der Waals surface area contributed by atoms with Gasteiger partial charge in [0.1, 0.15) is 5.82 Å². The maximum Gasteiger partial charge on any atom is 0.237 e. The molecule has 0 radical (unpaired) electrons. The zero-order valence-corrected chi connectivity index (χ0v) is 12.0. The minimum Gasteiger partial charge on any atom is -0.277 e. The number of amides is 1. The standard InChI is InChI=1S/C15H11ClFNOS/c16-12-3-6-14-11(7-12)8-15(19)18(20-14)9-10-1-4-13(17)5-2-10/h1-7H,8-9H2. The van der Waals surface area contributed by atoms with E-state index in [2.05, 4.69) is 0 Å². The first kappa shape index (κ1) is 13.5. The van der Waals surface area contributed by atoms with Crippen LogP contribution in [0.15, 0.2) is 47.4 Å². The van der Waals surface area contributed by atoms with Crippen LogP contribution in [0.4, 0.5) is 4.39 Å². The minimum atomic E-state index is -0.272. The number of hydrogen-bond acceptors (Lipinski definition) is 2. The Hall–Kier alpha value is -1.52. The van der Waals surface area contributed by atoms with Crippen LogP contribution in [0.2, 0.25) is 5.02 Å². The van der Waals surface area contributed by atoms with Gasteiger partial charge < -0.3 is 0 Å². The number of carbonyl (C=O) groups excluding carboxylic acids is 1. The topological polar surface area (TPSA) is 20.3 Å². The minimum absolute atomic E-state index is 0.0362. The number of nitrogens with zero attached hydrogens (tertiary/aromatic N) is 1. The van der Waals surface area contributed by atoms with E-state index in [-0.39, 0.29) is 11.7 Å². The van der Waals surface area contributed by atoms with Gasteiger partial charge in [-0.25, -0.2) is 4.39 Å². The van der Waals surface area contributed by atoms with Crippen LogP contribution >= 0.6 is 23.5 Å². The van der Waals surface area contributed by atoms with Crippen LogP contribution in [-0.2, 0) is 17.8 Å². The summed E-state index contributed by atoms with van der Waals surface area (Å²) in [5, 5.41) is 0.643. The van der Waals surface area contributed by atoms with E-state index >= 15 is 0 Å². The van der Waals surface area contributed by atoms with Gasteiger partial charge in [-0.2, -0.15) is 0 Å². The summed E-state index contributed by atoms with van der Waals surface area (Å²) in [7, 11) is 0. The van der Waals surface area contributed by atoms with E-state index in [1.54, 1.807) is 16.4 Å². The number of halogens is 2. The average molecular weight is 308 g/mol. The molecule has 0 atom stereocenters. The second kappa shape index (κ2) is 5.46. The zero-order chi connectivity index (χ0) is 14.1. The molecule has 2 nitrogen and oxygen atoms in total. The molecule has 0 aromatic heterocycles. The molecule has 0 aliphatic carbocycles. The molecule has 0 fully saturated rings. The van der Waals surface area contributed by atoms with Gasteiger partial charge in [-0.15, -0.1) is 0 Å². The maximum atomic E-state index is 12.9. The van der Waals surface area contributed by atoms with Crippen LogP contribution in [0, 0.1) is 5.82 Å². The van der Waals surface area contributed by atoms with E-state index < -0.39 is 0 Å². The number of hydrogen-bond donors (Lipinski definition) is 0. The molecule has 0 N–H and O–H groups in total. The largest absolute Gasteiger partial charge is 0.277 e. The number of carbonyl (C=O) groups is 1. The summed E-state index contributed by atoms with van der Waals surface area (Å²) in [5.74, 6) is -0.236. The normalized spacial score (nSPS) is 14.3. The second-order valence-electron chi connectivity index (χ2n) is 4.58. The van der Waals surface area contributed by atoms with Crippen molar-refractivity contribution in [3.8, 4) is 0 Å². The molecular formula is C15H11ClFNOS. The van der Waals surface area contributed by atoms with Crippen LogP contribution in [0.5, 0.6) is 0 Å². The third-order valence-corrected chi connectivity index (χ3v) is 4.47. The van der Waals surface area contributed by atoms with Crippen LogP contribution in [0.25, 0.3) is 0 Å². The third kappa shape index (κ3) is 2.81. The zero-order valence-electron chi connectivity index (χ0n) is 10.5. The van der Waals surface area contributed by atoms with E-state index in [0.29, 0.717) is 18.0 Å². The van der Waals surface area contributed by atoms with Gasteiger partial charge in [-0.3, -0.25) is 9.10 Å². The lowest BCUT2D eigenvalue weighted by molar-refractivity contribution is -0.126. The van der Waals surface area contributed by atoms with Crippen molar-refractivity contribution < 1.29 is 9.18 Å². The second-order valence-corrected chi connectivity index (χ2v) is 6.08. The fourth-order valence-corrected chi connectivity index (χ4v) is 3.26. The Morgan fingerprint density at radius 3 is 2.70 bits per heavy atom. The molecule has 5 heteroatoms. The molecule has 20 heavy (non-hydrogen) atoms. The Labute approximate surface area is 125 Å². The molecule has 1 aliphatic rings. The molecule has 1 aliphatic heterocycles. The molecule has 1 amide bonds. The first-order valence-electron chi connectivity index (χ1n) is 6.13.